The Morgan fingerprint density at radius 1 is 1.18 bits per heavy atom. The minimum atomic E-state index is -4.34. The van der Waals surface area contributed by atoms with Crippen molar-refractivity contribution in [1.29, 1.82) is 0 Å². The summed E-state index contributed by atoms with van der Waals surface area (Å²) in [5.41, 5.74) is -0.392. The third kappa shape index (κ3) is 2.74. The lowest BCUT2D eigenvalue weighted by molar-refractivity contribution is -0.137. The summed E-state index contributed by atoms with van der Waals surface area (Å²) in [4.78, 5) is 1.70. The molecule has 0 unspecified atom stereocenters. The molecule has 1 aliphatic heterocycles. The number of hydrogen-bond acceptors (Lipinski definition) is 2. The molecule has 1 aromatic carbocycles. The Morgan fingerprint density at radius 2 is 1.82 bits per heavy atom. The van der Waals surface area contributed by atoms with Crippen molar-refractivity contribution in [3.63, 3.8) is 0 Å². The first-order valence-corrected chi connectivity index (χ1v) is 5.98. The maximum absolute atomic E-state index is 12.9. The van der Waals surface area contributed by atoms with Gasteiger partial charge in [-0.3, -0.25) is 0 Å². The van der Waals surface area contributed by atoms with Crippen molar-refractivity contribution in [3.8, 4) is 0 Å². The molecule has 6 heteroatoms. The lowest BCUT2D eigenvalue weighted by Gasteiger charge is -2.31. The maximum atomic E-state index is 12.9. The molecule has 1 aliphatic rings. The lowest BCUT2D eigenvalue weighted by atomic mass is 10.1. The summed E-state index contributed by atoms with van der Waals surface area (Å²) in [7, 11) is 0. The van der Waals surface area contributed by atoms with E-state index in [-0.39, 0.29) is 5.69 Å². The van der Waals surface area contributed by atoms with Gasteiger partial charge in [-0.1, -0.05) is 6.07 Å². The predicted molar refractivity (Wildman–Crippen MR) is 62.2 cm³/mol. The van der Waals surface area contributed by atoms with Crippen molar-refractivity contribution >= 4 is 21.6 Å². The smallest absolute Gasteiger partial charge is 0.378 e. The Balaban J connectivity index is 2.43. The van der Waals surface area contributed by atoms with Crippen LogP contribution in [0.4, 0.5) is 18.9 Å². The number of alkyl halides is 3. The quantitative estimate of drug-likeness (QED) is 0.789. The minimum absolute atomic E-state index is 0.211. The average Bonchev–Trinajstić information content (AvgIpc) is 2.28. The summed E-state index contributed by atoms with van der Waals surface area (Å²) in [6, 6.07) is 4.13. The first kappa shape index (κ1) is 12.7. The van der Waals surface area contributed by atoms with Gasteiger partial charge in [0, 0.05) is 17.6 Å². The fourth-order valence-corrected chi connectivity index (χ4v) is 2.47. The monoisotopic (exact) mass is 309 g/mol. The molecular formula is C11H11BrF3NO. The Labute approximate surface area is 105 Å². The van der Waals surface area contributed by atoms with Crippen molar-refractivity contribution in [2.45, 2.75) is 6.18 Å². The number of nitrogens with zero attached hydrogens (tertiary/aromatic N) is 1. The molecule has 1 saturated heterocycles. The van der Waals surface area contributed by atoms with E-state index in [1.165, 1.54) is 6.07 Å². The van der Waals surface area contributed by atoms with Crippen LogP contribution in [0, 0.1) is 0 Å². The minimum Gasteiger partial charge on any atom is -0.378 e. The summed E-state index contributed by atoms with van der Waals surface area (Å²) < 4.78 is 44.3. The van der Waals surface area contributed by atoms with Crippen LogP contribution in [0.25, 0.3) is 0 Å². The highest BCUT2D eigenvalue weighted by Crippen LogP contribution is 2.40. The van der Waals surface area contributed by atoms with Crippen LogP contribution in [-0.2, 0) is 10.9 Å². The zero-order valence-electron chi connectivity index (χ0n) is 8.93. The Kier molecular flexibility index (Phi) is 3.63. The van der Waals surface area contributed by atoms with Crippen molar-refractivity contribution in [3.05, 3.63) is 28.2 Å². The largest absolute Gasteiger partial charge is 0.418 e. The average molecular weight is 310 g/mol. The van der Waals surface area contributed by atoms with Crippen LogP contribution in [0.5, 0.6) is 0 Å². The van der Waals surface area contributed by atoms with E-state index in [0.717, 1.165) is 6.07 Å². The molecule has 1 aromatic rings. The second kappa shape index (κ2) is 4.86. The summed E-state index contributed by atoms with van der Waals surface area (Å²) >= 11 is 3.19. The number of benzene rings is 1. The number of anilines is 1. The van der Waals surface area contributed by atoms with Gasteiger partial charge in [-0.05, 0) is 28.1 Å². The Hall–Kier alpha value is -0.750. The van der Waals surface area contributed by atoms with Gasteiger partial charge in [0.2, 0.25) is 0 Å². The zero-order valence-corrected chi connectivity index (χ0v) is 10.5. The Morgan fingerprint density at radius 3 is 2.41 bits per heavy atom. The highest BCUT2D eigenvalue weighted by Gasteiger charge is 2.36. The molecule has 0 aliphatic carbocycles. The number of rotatable bonds is 1. The van der Waals surface area contributed by atoms with Crippen LogP contribution in [0.15, 0.2) is 22.7 Å². The standard InChI is InChI=1S/C11H11BrF3NO/c12-9-3-1-2-8(11(13,14)15)10(9)16-4-6-17-7-5-16/h1-3H,4-7H2. The molecule has 0 amide bonds. The molecule has 0 saturated carbocycles. The van der Waals surface area contributed by atoms with Gasteiger partial charge in [-0.25, -0.2) is 0 Å². The summed E-state index contributed by atoms with van der Waals surface area (Å²) in [5.74, 6) is 0. The molecule has 0 atom stereocenters. The molecule has 1 fully saturated rings. The van der Waals surface area contributed by atoms with Gasteiger partial charge in [0.1, 0.15) is 0 Å². The van der Waals surface area contributed by atoms with Gasteiger partial charge in [0.05, 0.1) is 24.5 Å². The zero-order chi connectivity index (χ0) is 12.5. The molecule has 0 radical (unpaired) electrons. The number of ether oxygens (including phenoxy) is 1. The Bertz CT molecular complexity index is 402. The van der Waals surface area contributed by atoms with Crippen molar-refractivity contribution < 1.29 is 17.9 Å². The highest BCUT2D eigenvalue weighted by molar-refractivity contribution is 9.10. The molecule has 0 spiro atoms. The third-order valence-corrected chi connectivity index (χ3v) is 3.26. The number of para-hydroxylation sites is 1. The van der Waals surface area contributed by atoms with Crippen molar-refractivity contribution in [2.24, 2.45) is 0 Å². The van der Waals surface area contributed by atoms with Crippen LogP contribution in [-0.4, -0.2) is 26.3 Å². The van der Waals surface area contributed by atoms with Gasteiger partial charge in [-0.2, -0.15) is 13.2 Å². The highest BCUT2D eigenvalue weighted by atomic mass is 79.9. The molecule has 1 heterocycles. The predicted octanol–water partition coefficient (Wildman–Crippen LogP) is 3.30. The topological polar surface area (TPSA) is 12.5 Å². The molecule has 17 heavy (non-hydrogen) atoms. The van der Waals surface area contributed by atoms with Gasteiger partial charge in [-0.15, -0.1) is 0 Å². The van der Waals surface area contributed by atoms with Gasteiger partial charge < -0.3 is 9.64 Å². The second-order valence-electron chi connectivity index (χ2n) is 3.73. The van der Waals surface area contributed by atoms with E-state index < -0.39 is 11.7 Å². The van der Waals surface area contributed by atoms with E-state index in [1.807, 2.05) is 0 Å². The molecule has 0 aromatic heterocycles. The van der Waals surface area contributed by atoms with Crippen molar-refractivity contribution in [2.75, 3.05) is 31.2 Å². The van der Waals surface area contributed by atoms with Gasteiger partial charge in [0.15, 0.2) is 0 Å². The summed E-state index contributed by atoms with van der Waals surface area (Å²) in [6.07, 6.45) is -4.34. The van der Waals surface area contributed by atoms with Crippen molar-refractivity contribution in [1.82, 2.24) is 0 Å². The summed E-state index contributed by atoms with van der Waals surface area (Å²) in [6.45, 7) is 1.87. The van der Waals surface area contributed by atoms with E-state index in [0.29, 0.717) is 30.8 Å². The van der Waals surface area contributed by atoms with Crippen LogP contribution in [0.3, 0.4) is 0 Å². The lowest BCUT2D eigenvalue weighted by Crippen LogP contribution is -2.37. The summed E-state index contributed by atoms with van der Waals surface area (Å²) in [5, 5.41) is 0. The third-order valence-electron chi connectivity index (χ3n) is 2.62. The molecule has 2 rings (SSSR count). The van der Waals surface area contributed by atoms with E-state index in [9.17, 15) is 13.2 Å². The van der Waals surface area contributed by atoms with E-state index in [1.54, 1.807) is 11.0 Å². The number of halogens is 4. The van der Waals surface area contributed by atoms with E-state index >= 15 is 0 Å². The number of hydrogen-bond donors (Lipinski definition) is 0. The fraction of sp³-hybridized carbons (Fsp3) is 0.455. The molecular weight excluding hydrogens is 299 g/mol. The second-order valence-corrected chi connectivity index (χ2v) is 4.59. The van der Waals surface area contributed by atoms with Gasteiger partial charge >= 0.3 is 6.18 Å². The van der Waals surface area contributed by atoms with Crippen LogP contribution >= 0.6 is 15.9 Å². The molecule has 0 bridgehead atoms. The normalized spacial score (nSPS) is 17.3. The SMILES string of the molecule is FC(F)(F)c1cccc(Br)c1N1CCOCC1. The van der Waals surface area contributed by atoms with Crippen LogP contribution < -0.4 is 4.90 Å². The number of morpholine rings is 1. The van der Waals surface area contributed by atoms with Crippen LogP contribution in [0.2, 0.25) is 0 Å². The first-order chi connectivity index (χ1) is 8.00. The fourth-order valence-electron chi connectivity index (χ4n) is 1.85. The van der Waals surface area contributed by atoms with E-state index in [2.05, 4.69) is 15.9 Å². The first-order valence-electron chi connectivity index (χ1n) is 5.18. The molecule has 0 N–H and O–H groups in total. The van der Waals surface area contributed by atoms with Crippen LogP contribution in [0.1, 0.15) is 5.56 Å². The molecule has 94 valence electrons. The maximum Gasteiger partial charge on any atom is 0.418 e. The van der Waals surface area contributed by atoms with E-state index in [4.69, 9.17) is 4.74 Å². The van der Waals surface area contributed by atoms with Gasteiger partial charge in [0.25, 0.3) is 0 Å². The molecule has 2 nitrogen and oxygen atoms in total.